The lowest BCUT2D eigenvalue weighted by Crippen LogP contribution is -2.32. The van der Waals surface area contributed by atoms with Gasteiger partial charge in [0.05, 0.1) is 23.6 Å². The average molecular weight is 405 g/mol. The van der Waals surface area contributed by atoms with Crippen molar-refractivity contribution in [3.05, 3.63) is 87.3 Å². The second kappa shape index (κ2) is 7.80. The summed E-state index contributed by atoms with van der Waals surface area (Å²) >= 11 is 0. The Morgan fingerprint density at radius 3 is 2.60 bits per heavy atom. The predicted molar refractivity (Wildman–Crippen MR) is 114 cm³/mol. The Bertz CT molecular complexity index is 1190. The van der Waals surface area contributed by atoms with E-state index in [9.17, 15) is 14.7 Å². The van der Waals surface area contributed by atoms with E-state index in [-0.39, 0.29) is 24.3 Å². The summed E-state index contributed by atoms with van der Waals surface area (Å²) in [6.07, 6.45) is 1.66. The van der Waals surface area contributed by atoms with Crippen molar-refractivity contribution >= 4 is 16.9 Å². The molecule has 3 aromatic rings. The zero-order chi connectivity index (χ0) is 21.4. The van der Waals surface area contributed by atoms with Crippen LogP contribution in [-0.2, 0) is 0 Å². The van der Waals surface area contributed by atoms with Crippen LogP contribution < -0.4 is 10.2 Å². The normalized spacial score (nSPS) is 15.5. The van der Waals surface area contributed by atoms with Crippen LogP contribution in [0.4, 0.5) is 0 Å². The molecule has 1 atom stereocenters. The van der Waals surface area contributed by atoms with Gasteiger partial charge in [0, 0.05) is 6.54 Å². The summed E-state index contributed by atoms with van der Waals surface area (Å²) in [6.45, 7) is 7.66. The van der Waals surface area contributed by atoms with Crippen LogP contribution in [0.15, 0.2) is 58.3 Å². The molecule has 1 N–H and O–H groups in total. The number of hydrogen-bond acceptors (Lipinski definition) is 5. The van der Waals surface area contributed by atoms with Gasteiger partial charge in [0.1, 0.15) is 17.9 Å². The average Bonchev–Trinajstić information content (AvgIpc) is 2.99. The van der Waals surface area contributed by atoms with E-state index in [4.69, 9.17) is 9.15 Å². The number of benzene rings is 2. The summed E-state index contributed by atoms with van der Waals surface area (Å²) in [5.41, 5.74) is 3.01. The van der Waals surface area contributed by atoms with Gasteiger partial charge in [-0.05, 0) is 48.7 Å². The minimum absolute atomic E-state index is 0.0444. The van der Waals surface area contributed by atoms with Crippen molar-refractivity contribution in [1.29, 1.82) is 0 Å². The SMILES string of the molecule is C=CCOc1ccc(C2c3c(oc4cc(C)cc(C)c4c3=O)C(=O)N2CCO)cc1. The minimum Gasteiger partial charge on any atom is -0.490 e. The van der Waals surface area contributed by atoms with Gasteiger partial charge in [-0.15, -0.1) is 0 Å². The van der Waals surface area contributed by atoms with Crippen molar-refractivity contribution in [2.75, 3.05) is 19.8 Å². The first-order chi connectivity index (χ1) is 14.5. The Morgan fingerprint density at radius 2 is 1.93 bits per heavy atom. The van der Waals surface area contributed by atoms with Crippen LogP contribution in [0.2, 0.25) is 0 Å². The number of aliphatic hydroxyl groups excluding tert-OH is 1. The monoisotopic (exact) mass is 405 g/mol. The van der Waals surface area contributed by atoms with Crippen LogP contribution in [0.3, 0.4) is 0 Å². The van der Waals surface area contributed by atoms with Crippen molar-refractivity contribution in [2.24, 2.45) is 0 Å². The van der Waals surface area contributed by atoms with Crippen LogP contribution >= 0.6 is 0 Å². The summed E-state index contributed by atoms with van der Waals surface area (Å²) in [4.78, 5) is 28.1. The molecule has 1 aliphatic heterocycles. The molecule has 0 saturated carbocycles. The molecule has 0 bridgehead atoms. The third-order valence-corrected chi connectivity index (χ3v) is 5.32. The highest BCUT2D eigenvalue weighted by Gasteiger charge is 2.42. The number of ether oxygens (including phenoxy) is 1. The molecule has 0 radical (unpaired) electrons. The molecule has 1 amide bonds. The van der Waals surface area contributed by atoms with E-state index in [1.807, 2.05) is 32.0 Å². The summed E-state index contributed by atoms with van der Waals surface area (Å²) < 4.78 is 11.5. The molecule has 30 heavy (non-hydrogen) atoms. The van der Waals surface area contributed by atoms with Crippen molar-refractivity contribution in [3.8, 4) is 5.75 Å². The first-order valence-corrected chi connectivity index (χ1v) is 9.79. The van der Waals surface area contributed by atoms with Gasteiger partial charge in [-0.25, -0.2) is 0 Å². The van der Waals surface area contributed by atoms with E-state index >= 15 is 0 Å². The quantitative estimate of drug-likeness (QED) is 0.635. The van der Waals surface area contributed by atoms with Crippen LogP contribution in [0.5, 0.6) is 5.75 Å². The van der Waals surface area contributed by atoms with Crippen LogP contribution in [0, 0.1) is 13.8 Å². The first kappa shape index (κ1) is 19.9. The molecule has 0 spiro atoms. The Balaban J connectivity index is 1.91. The van der Waals surface area contributed by atoms with Gasteiger partial charge in [-0.2, -0.15) is 0 Å². The highest BCUT2D eigenvalue weighted by Crippen LogP contribution is 2.38. The lowest BCUT2D eigenvalue weighted by atomic mass is 9.97. The van der Waals surface area contributed by atoms with Crippen LogP contribution in [0.25, 0.3) is 11.0 Å². The lowest BCUT2D eigenvalue weighted by molar-refractivity contribution is 0.0691. The molecule has 6 nitrogen and oxygen atoms in total. The maximum absolute atomic E-state index is 13.5. The molecule has 0 aliphatic carbocycles. The molecular formula is C24H23NO5. The number of hydrogen-bond donors (Lipinski definition) is 1. The number of carbonyl (C=O) groups excluding carboxylic acids is 1. The molecule has 1 aromatic heterocycles. The summed E-state index contributed by atoms with van der Waals surface area (Å²) in [6, 6.07) is 10.3. The summed E-state index contributed by atoms with van der Waals surface area (Å²) in [5, 5.41) is 10.0. The summed E-state index contributed by atoms with van der Waals surface area (Å²) in [7, 11) is 0. The number of aliphatic hydroxyl groups is 1. The van der Waals surface area contributed by atoms with E-state index in [1.165, 1.54) is 4.90 Å². The van der Waals surface area contributed by atoms with Crippen LogP contribution in [0.1, 0.15) is 38.9 Å². The van der Waals surface area contributed by atoms with Gasteiger partial charge in [0.25, 0.3) is 5.91 Å². The molecule has 2 aromatic carbocycles. The number of fused-ring (bicyclic) bond motifs is 2. The van der Waals surface area contributed by atoms with Gasteiger partial charge >= 0.3 is 0 Å². The van der Waals surface area contributed by atoms with Crippen molar-refractivity contribution < 1.29 is 19.1 Å². The summed E-state index contributed by atoms with van der Waals surface area (Å²) in [5.74, 6) is 0.311. The highest BCUT2D eigenvalue weighted by atomic mass is 16.5. The molecule has 2 heterocycles. The lowest BCUT2D eigenvalue weighted by Gasteiger charge is -2.24. The number of nitrogens with zero attached hydrogens (tertiary/aromatic N) is 1. The van der Waals surface area contributed by atoms with E-state index < -0.39 is 11.9 Å². The van der Waals surface area contributed by atoms with Crippen molar-refractivity contribution in [2.45, 2.75) is 19.9 Å². The van der Waals surface area contributed by atoms with E-state index in [0.29, 0.717) is 28.9 Å². The fourth-order valence-corrected chi connectivity index (χ4v) is 4.10. The topological polar surface area (TPSA) is 80.0 Å². The van der Waals surface area contributed by atoms with Gasteiger partial charge in [0.2, 0.25) is 5.76 Å². The second-order valence-electron chi connectivity index (χ2n) is 7.42. The molecule has 0 saturated heterocycles. The number of amides is 1. The molecule has 4 rings (SSSR count). The van der Waals surface area contributed by atoms with E-state index in [0.717, 1.165) is 16.7 Å². The number of aryl methyl sites for hydroxylation is 2. The zero-order valence-corrected chi connectivity index (χ0v) is 17.0. The van der Waals surface area contributed by atoms with E-state index in [1.54, 1.807) is 24.3 Å². The predicted octanol–water partition coefficient (Wildman–Crippen LogP) is 3.51. The van der Waals surface area contributed by atoms with Crippen LogP contribution in [-0.4, -0.2) is 35.7 Å². The third-order valence-electron chi connectivity index (χ3n) is 5.32. The molecule has 6 heteroatoms. The Hall–Kier alpha value is -3.38. The maximum Gasteiger partial charge on any atom is 0.290 e. The Kier molecular flexibility index (Phi) is 5.18. The van der Waals surface area contributed by atoms with Gasteiger partial charge in [0.15, 0.2) is 5.43 Å². The zero-order valence-electron chi connectivity index (χ0n) is 17.0. The van der Waals surface area contributed by atoms with Gasteiger partial charge in [-0.1, -0.05) is 30.9 Å². The standard InChI is InChI=1S/C24H23NO5/c1-4-11-29-17-7-5-16(6-8-17)21-20-22(27)19-15(3)12-14(2)13-18(19)30-23(20)24(28)25(21)9-10-26/h4-8,12-13,21,26H,1,9-11H2,2-3H3. The molecule has 154 valence electrons. The second-order valence-corrected chi connectivity index (χ2v) is 7.42. The van der Waals surface area contributed by atoms with Crippen molar-refractivity contribution in [3.63, 3.8) is 0 Å². The third kappa shape index (κ3) is 3.19. The minimum atomic E-state index is -0.630. The molecule has 0 fully saturated rings. The molecule has 1 unspecified atom stereocenters. The number of carbonyl (C=O) groups is 1. The Morgan fingerprint density at radius 1 is 1.20 bits per heavy atom. The van der Waals surface area contributed by atoms with Gasteiger partial charge < -0.3 is 19.2 Å². The smallest absolute Gasteiger partial charge is 0.290 e. The van der Waals surface area contributed by atoms with E-state index in [2.05, 4.69) is 6.58 Å². The van der Waals surface area contributed by atoms with Crippen molar-refractivity contribution in [1.82, 2.24) is 4.90 Å². The first-order valence-electron chi connectivity index (χ1n) is 9.79. The fourth-order valence-electron chi connectivity index (χ4n) is 4.10. The van der Waals surface area contributed by atoms with Gasteiger partial charge in [-0.3, -0.25) is 9.59 Å². The number of rotatable bonds is 6. The highest BCUT2D eigenvalue weighted by molar-refractivity contribution is 5.99. The molecular weight excluding hydrogens is 382 g/mol. The number of β-amino-alcohol motifs (C(OH)–C–C–N with tert-alkyl or cyclic N) is 1. The Labute approximate surface area is 174 Å². The fraction of sp³-hybridized carbons (Fsp3) is 0.250. The maximum atomic E-state index is 13.5. The molecule has 1 aliphatic rings. The largest absolute Gasteiger partial charge is 0.490 e.